The van der Waals surface area contributed by atoms with E-state index in [0.29, 0.717) is 16.3 Å². The van der Waals surface area contributed by atoms with Crippen molar-refractivity contribution in [1.29, 1.82) is 15.8 Å². The number of benzene rings is 1. The molecule has 118 valence electrons. The summed E-state index contributed by atoms with van der Waals surface area (Å²) in [5.41, 5.74) is 6.45. The zero-order valence-corrected chi connectivity index (χ0v) is 14.2. The van der Waals surface area contributed by atoms with E-state index in [9.17, 15) is 15.8 Å². The number of hydrogen-bond acceptors (Lipinski definition) is 5. The van der Waals surface area contributed by atoms with Crippen LogP contribution in [0.15, 0.2) is 47.2 Å². The van der Waals surface area contributed by atoms with Crippen LogP contribution in [0.25, 0.3) is 0 Å². The molecule has 1 aliphatic heterocycles. The Kier molecular flexibility index (Phi) is 4.29. The first-order valence-electron chi connectivity index (χ1n) is 7.36. The number of rotatable bonds is 1. The van der Waals surface area contributed by atoms with Crippen LogP contribution in [0.2, 0.25) is 5.02 Å². The highest BCUT2D eigenvalue weighted by Crippen LogP contribution is 2.54. The van der Waals surface area contributed by atoms with Crippen molar-refractivity contribution in [2.24, 2.45) is 17.1 Å². The molecule has 0 unspecified atom stereocenters. The normalized spacial score (nSPS) is 24.8. The third-order valence-electron chi connectivity index (χ3n) is 4.65. The van der Waals surface area contributed by atoms with Gasteiger partial charge in [-0.15, -0.1) is 0 Å². The molecule has 0 amide bonds. The third-order valence-corrected chi connectivity index (χ3v) is 6.00. The maximum absolute atomic E-state index is 9.72. The fourth-order valence-electron chi connectivity index (χ4n) is 3.52. The number of nitrogens with zero attached hydrogens (tertiary/aromatic N) is 3. The molecule has 6 heteroatoms. The van der Waals surface area contributed by atoms with Gasteiger partial charge >= 0.3 is 0 Å². The van der Waals surface area contributed by atoms with Crippen molar-refractivity contribution in [2.75, 3.05) is 11.5 Å². The molecule has 1 aliphatic carbocycles. The highest BCUT2D eigenvalue weighted by molar-refractivity contribution is 7.99. The Balaban J connectivity index is 2.34. The van der Waals surface area contributed by atoms with Crippen LogP contribution in [0.5, 0.6) is 0 Å². The Bertz CT molecular complexity index is 868. The zero-order chi connectivity index (χ0) is 17.3. The van der Waals surface area contributed by atoms with E-state index in [-0.39, 0.29) is 23.1 Å². The van der Waals surface area contributed by atoms with Gasteiger partial charge in [-0.1, -0.05) is 35.9 Å². The Morgan fingerprint density at radius 2 is 1.92 bits per heavy atom. The molecule has 24 heavy (non-hydrogen) atoms. The molecule has 0 radical (unpaired) electrons. The summed E-state index contributed by atoms with van der Waals surface area (Å²) in [6.07, 6.45) is 1.91. The molecule has 2 aliphatic rings. The van der Waals surface area contributed by atoms with Gasteiger partial charge in [-0.25, -0.2) is 0 Å². The molecule has 0 fully saturated rings. The lowest BCUT2D eigenvalue weighted by Gasteiger charge is -2.42. The quantitative estimate of drug-likeness (QED) is 0.780. The van der Waals surface area contributed by atoms with Crippen LogP contribution in [0.3, 0.4) is 0 Å². The number of nitrogens with two attached hydrogens (primary N) is 1. The second-order valence-corrected chi connectivity index (χ2v) is 7.20. The van der Waals surface area contributed by atoms with Crippen LogP contribution in [-0.2, 0) is 0 Å². The first kappa shape index (κ1) is 16.5. The summed E-state index contributed by atoms with van der Waals surface area (Å²) < 4.78 is 0. The van der Waals surface area contributed by atoms with Crippen LogP contribution < -0.4 is 5.73 Å². The Hall–Kier alpha value is -2.39. The number of nitriles is 3. The maximum atomic E-state index is 9.72. The SMILES string of the molecule is N#CC1=C(N)C(C#N)(C#N)C2=CCSC[C@H]2[C@@H]1c1ccccc1Cl. The van der Waals surface area contributed by atoms with E-state index in [1.54, 1.807) is 17.8 Å². The van der Waals surface area contributed by atoms with Gasteiger partial charge in [-0.2, -0.15) is 27.5 Å². The molecule has 0 aromatic heterocycles. The average molecular weight is 353 g/mol. The van der Waals surface area contributed by atoms with E-state index in [2.05, 4.69) is 18.2 Å². The fourth-order valence-corrected chi connectivity index (χ4v) is 4.83. The highest BCUT2D eigenvalue weighted by atomic mass is 35.5. The van der Waals surface area contributed by atoms with Gasteiger partial charge in [0.1, 0.15) is 0 Å². The molecule has 1 heterocycles. The Labute approximate surface area is 149 Å². The molecule has 0 saturated carbocycles. The number of hydrogen-bond donors (Lipinski definition) is 1. The molecule has 1 aromatic carbocycles. The lowest BCUT2D eigenvalue weighted by Crippen LogP contribution is -2.41. The molecule has 3 rings (SSSR count). The summed E-state index contributed by atoms with van der Waals surface area (Å²) in [4.78, 5) is 0. The van der Waals surface area contributed by atoms with Crippen molar-refractivity contribution in [3.05, 3.63) is 57.8 Å². The van der Waals surface area contributed by atoms with E-state index >= 15 is 0 Å². The van der Waals surface area contributed by atoms with E-state index in [1.807, 2.05) is 24.3 Å². The first-order chi connectivity index (χ1) is 11.6. The van der Waals surface area contributed by atoms with E-state index in [0.717, 1.165) is 11.3 Å². The van der Waals surface area contributed by atoms with Crippen molar-refractivity contribution in [1.82, 2.24) is 0 Å². The van der Waals surface area contributed by atoms with Gasteiger partial charge in [0.25, 0.3) is 0 Å². The van der Waals surface area contributed by atoms with Gasteiger partial charge in [0.05, 0.1) is 29.5 Å². The maximum Gasteiger partial charge on any atom is 0.204 e. The van der Waals surface area contributed by atoms with E-state index in [4.69, 9.17) is 17.3 Å². The van der Waals surface area contributed by atoms with Gasteiger partial charge in [0, 0.05) is 28.4 Å². The number of allylic oxidation sites excluding steroid dienone is 2. The second-order valence-electron chi connectivity index (χ2n) is 5.72. The molecular formula is C18H13ClN4S. The molecule has 0 spiro atoms. The summed E-state index contributed by atoms with van der Waals surface area (Å²) >= 11 is 8.08. The molecular weight excluding hydrogens is 340 g/mol. The minimum atomic E-state index is -1.56. The predicted molar refractivity (Wildman–Crippen MR) is 93.6 cm³/mol. The fraction of sp³-hybridized carbons (Fsp3) is 0.278. The standard InChI is InChI=1S/C18H13ClN4S/c19-15-4-2-1-3-11(15)16-12(7-20)17(23)18(9-21,10-22)14-5-6-24-8-13(14)16/h1-5,13,16H,6,8,23H2/t13-,16-/m1/s1. The molecule has 2 N–H and O–H groups in total. The lowest BCUT2D eigenvalue weighted by molar-refractivity contribution is 0.476. The molecule has 0 bridgehead atoms. The lowest BCUT2D eigenvalue weighted by atomic mass is 9.61. The molecule has 0 saturated heterocycles. The second kappa shape index (κ2) is 6.25. The van der Waals surface area contributed by atoms with Gasteiger partial charge in [-0.3, -0.25) is 0 Å². The van der Waals surface area contributed by atoms with Gasteiger partial charge in [0.15, 0.2) is 0 Å². The van der Waals surface area contributed by atoms with Crippen molar-refractivity contribution >= 4 is 23.4 Å². The van der Waals surface area contributed by atoms with Gasteiger partial charge < -0.3 is 5.73 Å². The number of fused-ring (bicyclic) bond motifs is 1. The van der Waals surface area contributed by atoms with Crippen molar-refractivity contribution in [3.63, 3.8) is 0 Å². The first-order valence-corrected chi connectivity index (χ1v) is 8.89. The summed E-state index contributed by atoms with van der Waals surface area (Å²) in [5.74, 6) is 0.953. The summed E-state index contributed by atoms with van der Waals surface area (Å²) in [5, 5.41) is 29.7. The van der Waals surface area contributed by atoms with Crippen molar-refractivity contribution in [2.45, 2.75) is 5.92 Å². The van der Waals surface area contributed by atoms with Gasteiger partial charge in [0.2, 0.25) is 5.41 Å². The minimum absolute atomic E-state index is 0.0364. The number of thioether (sulfide) groups is 1. The van der Waals surface area contributed by atoms with Crippen LogP contribution in [-0.4, -0.2) is 11.5 Å². The smallest absolute Gasteiger partial charge is 0.204 e. The third kappa shape index (κ3) is 2.20. The van der Waals surface area contributed by atoms with Crippen LogP contribution in [0.4, 0.5) is 0 Å². The topological polar surface area (TPSA) is 97.4 Å². The largest absolute Gasteiger partial charge is 0.399 e. The zero-order valence-electron chi connectivity index (χ0n) is 12.7. The summed E-state index contributed by atoms with van der Waals surface area (Å²) in [6.45, 7) is 0. The summed E-state index contributed by atoms with van der Waals surface area (Å²) in [6, 6.07) is 13.6. The molecule has 1 aromatic rings. The van der Waals surface area contributed by atoms with Gasteiger partial charge in [-0.05, 0) is 17.2 Å². The summed E-state index contributed by atoms with van der Waals surface area (Å²) in [7, 11) is 0. The minimum Gasteiger partial charge on any atom is -0.399 e. The highest BCUT2D eigenvalue weighted by Gasteiger charge is 2.52. The van der Waals surface area contributed by atoms with Crippen LogP contribution >= 0.6 is 23.4 Å². The van der Waals surface area contributed by atoms with E-state index < -0.39 is 5.41 Å². The molecule has 2 atom stereocenters. The predicted octanol–water partition coefficient (Wildman–Crippen LogP) is 3.50. The Morgan fingerprint density at radius 1 is 1.21 bits per heavy atom. The molecule has 4 nitrogen and oxygen atoms in total. The Morgan fingerprint density at radius 3 is 2.54 bits per heavy atom. The average Bonchev–Trinajstić information content (AvgIpc) is 2.62. The van der Waals surface area contributed by atoms with Crippen LogP contribution in [0.1, 0.15) is 11.5 Å². The monoisotopic (exact) mass is 352 g/mol. The number of halogens is 1. The van der Waals surface area contributed by atoms with E-state index in [1.165, 1.54) is 0 Å². The van der Waals surface area contributed by atoms with Crippen LogP contribution in [0, 0.1) is 45.3 Å². The van der Waals surface area contributed by atoms with Crippen molar-refractivity contribution < 1.29 is 0 Å². The van der Waals surface area contributed by atoms with Crippen molar-refractivity contribution in [3.8, 4) is 18.2 Å².